The molecular formula is C15H14BrNO4. The maximum atomic E-state index is 12.4. The topological polar surface area (TPSA) is 64.6 Å². The number of fused-ring (bicyclic) bond motifs is 2. The number of carbonyl (C=O) groups is 2. The highest BCUT2D eigenvalue weighted by atomic mass is 79.9. The van der Waals surface area contributed by atoms with Crippen molar-refractivity contribution in [1.29, 1.82) is 0 Å². The standard InChI is InChI=1S/C15H14BrNO4/c1-20-13(18)10-7-12-11(16)8-15(10,14(19)21-12)17-9-5-3-2-4-6-9/h2-6,8,10,12,17H,7H2,1H3/t10-,12-,15+/m0/s1. The van der Waals surface area contributed by atoms with Crippen LogP contribution in [0.5, 0.6) is 0 Å². The number of esters is 2. The smallest absolute Gasteiger partial charge is 0.337 e. The molecule has 1 aromatic rings. The lowest BCUT2D eigenvalue weighted by Gasteiger charge is -2.46. The zero-order valence-electron chi connectivity index (χ0n) is 11.3. The van der Waals surface area contributed by atoms with Gasteiger partial charge in [0.15, 0.2) is 5.54 Å². The van der Waals surface area contributed by atoms with Crippen molar-refractivity contribution in [3.8, 4) is 0 Å². The van der Waals surface area contributed by atoms with E-state index < -0.39 is 29.5 Å². The molecule has 0 amide bonds. The monoisotopic (exact) mass is 351 g/mol. The van der Waals surface area contributed by atoms with Gasteiger partial charge in [0.05, 0.1) is 13.0 Å². The summed E-state index contributed by atoms with van der Waals surface area (Å²) < 4.78 is 11.0. The van der Waals surface area contributed by atoms with Crippen LogP contribution in [0.4, 0.5) is 5.69 Å². The highest BCUT2D eigenvalue weighted by Gasteiger charge is 2.58. The molecular weight excluding hydrogens is 338 g/mol. The number of para-hydroxylation sites is 1. The Labute approximate surface area is 130 Å². The summed E-state index contributed by atoms with van der Waals surface area (Å²) in [6.45, 7) is 0. The molecule has 1 aliphatic carbocycles. The van der Waals surface area contributed by atoms with E-state index in [1.165, 1.54) is 7.11 Å². The molecule has 0 unspecified atom stereocenters. The summed E-state index contributed by atoms with van der Waals surface area (Å²) in [5, 5.41) is 3.15. The molecule has 2 heterocycles. The van der Waals surface area contributed by atoms with Gasteiger partial charge in [-0.25, -0.2) is 4.79 Å². The molecule has 0 aromatic heterocycles. The van der Waals surface area contributed by atoms with Gasteiger partial charge in [0.25, 0.3) is 0 Å². The van der Waals surface area contributed by atoms with Gasteiger partial charge in [0.2, 0.25) is 0 Å². The van der Waals surface area contributed by atoms with Crippen LogP contribution >= 0.6 is 15.9 Å². The van der Waals surface area contributed by atoms with Crippen molar-refractivity contribution in [1.82, 2.24) is 0 Å². The van der Waals surface area contributed by atoms with Crippen LogP contribution in [0.3, 0.4) is 0 Å². The molecule has 21 heavy (non-hydrogen) atoms. The lowest BCUT2D eigenvalue weighted by molar-refractivity contribution is -0.171. The molecule has 1 fully saturated rings. The summed E-state index contributed by atoms with van der Waals surface area (Å²) >= 11 is 3.41. The summed E-state index contributed by atoms with van der Waals surface area (Å²) in [5.74, 6) is -1.49. The van der Waals surface area contributed by atoms with Crippen LogP contribution in [0.25, 0.3) is 0 Å². The lowest BCUT2D eigenvalue weighted by atomic mass is 9.73. The Morgan fingerprint density at radius 1 is 1.43 bits per heavy atom. The highest BCUT2D eigenvalue weighted by Crippen LogP contribution is 2.44. The molecule has 3 aliphatic rings. The maximum Gasteiger partial charge on any atom is 0.337 e. The first-order valence-electron chi connectivity index (χ1n) is 6.57. The van der Waals surface area contributed by atoms with Gasteiger partial charge in [-0.1, -0.05) is 34.1 Å². The average molecular weight is 352 g/mol. The molecule has 110 valence electrons. The minimum Gasteiger partial charge on any atom is -0.469 e. The van der Waals surface area contributed by atoms with Crippen LogP contribution in [0, 0.1) is 5.92 Å². The molecule has 4 rings (SSSR count). The molecule has 0 radical (unpaired) electrons. The van der Waals surface area contributed by atoms with Gasteiger partial charge < -0.3 is 14.8 Å². The molecule has 3 atom stereocenters. The Morgan fingerprint density at radius 3 is 2.81 bits per heavy atom. The Morgan fingerprint density at radius 2 is 2.14 bits per heavy atom. The minimum absolute atomic E-state index is 0.398. The van der Waals surface area contributed by atoms with Crippen molar-refractivity contribution in [2.75, 3.05) is 12.4 Å². The largest absolute Gasteiger partial charge is 0.469 e. The molecule has 1 aromatic carbocycles. The number of carbonyl (C=O) groups excluding carboxylic acids is 2. The van der Waals surface area contributed by atoms with Crippen LogP contribution in [0.1, 0.15) is 6.42 Å². The Kier molecular flexibility index (Phi) is 3.49. The number of anilines is 1. The predicted molar refractivity (Wildman–Crippen MR) is 79.8 cm³/mol. The third-order valence-corrected chi connectivity index (χ3v) is 4.61. The SMILES string of the molecule is COC(=O)[C@@H]1C[C@@H]2OC(=O)[C@@]1(Nc1ccccc1)C=C2Br. The van der Waals surface area contributed by atoms with Crippen LogP contribution in [-0.2, 0) is 19.1 Å². The first kappa shape index (κ1) is 14.1. The van der Waals surface area contributed by atoms with Crippen molar-refractivity contribution in [2.45, 2.75) is 18.1 Å². The van der Waals surface area contributed by atoms with Crippen LogP contribution < -0.4 is 5.32 Å². The molecule has 2 aliphatic heterocycles. The summed E-state index contributed by atoms with van der Waals surface area (Å²) in [5.41, 5.74) is -0.498. The van der Waals surface area contributed by atoms with Gasteiger partial charge in [0, 0.05) is 16.6 Å². The third kappa shape index (κ3) is 2.23. The fourth-order valence-corrected chi connectivity index (χ4v) is 3.46. The molecule has 1 saturated heterocycles. The summed E-state index contributed by atoms with van der Waals surface area (Å²) in [6.07, 6.45) is 1.71. The van der Waals surface area contributed by atoms with E-state index in [4.69, 9.17) is 9.47 Å². The fraction of sp³-hybridized carbons (Fsp3) is 0.333. The molecule has 0 saturated carbocycles. The van der Waals surface area contributed by atoms with Gasteiger partial charge in [0.1, 0.15) is 6.10 Å². The normalized spacial score (nSPS) is 30.4. The molecule has 0 spiro atoms. The van der Waals surface area contributed by atoms with Crippen molar-refractivity contribution < 1.29 is 19.1 Å². The fourth-order valence-electron chi connectivity index (χ4n) is 2.81. The minimum atomic E-state index is -1.23. The van der Waals surface area contributed by atoms with Gasteiger partial charge >= 0.3 is 11.9 Å². The molecule has 2 bridgehead atoms. The first-order valence-corrected chi connectivity index (χ1v) is 7.36. The number of ether oxygens (including phenoxy) is 2. The van der Waals surface area contributed by atoms with E-state index in [-0.39, 0.29) is 0 Å². The summed E-state index contributed by atoms with van der Waals surface area (Å²) in [6, 6.07) is 9.25. The summed E-state index contributed by atoms with van der Waals surface area (Å²) in [7, 11) is 1.32. The Bertz CT molecular complexity index is 615. The first-order chi connectivity index (χ1) is 10.1. The van der Waals surface area contributed by atoms with Crippen molar-refractivity contribution >= 4 is 33.6 Å². The third-order valence-electron chi connectivity index (χ3n) is 3.87. The van der Waals surface area contributed by atoms with E-state index in [0.29, 0.717) is 6.42 Å². The Balaban J connectivity index is 2.05. The van der Waals surface area contributed by atoms with E-state index in [9.17, 15) is 9.59 Å². The number of hydrogen-bond donors (Lipinski definition) is 1. The van der Waals surface area contributed by atoms with Gasteiger partial charge in [-0.2, -0.15) is 0 Å². The number of rotatable bonds is 3. The number of methoxy groups -OCH3 is 1. The van der Waals surface area contributed by atoms with E-state index in [0.717, 1.165) is 10.2 Å². The van der Waals surface area contributed by atoms with Gasteiger partial charge in [-0.05, 0) is 18.2 Å². The second-order valence-corrected chi connectivity index (χ2v) is 6.01. The van der Waals surface area contributed by atoms with Crippen molar-refractivity contribution in [3.63, 3.8) is 0 Å². The van der Waals surface area contributed by atoms with Crippen LogP contribution in [-0.4, -0.2) is 30.7 Å². The van der Waals surface area contributed by atoms with Crippen LogP contribution in [0.2, 0.25) is 0 Å². The van der Waals surface area contributed by atoms with E-state index in [1.807, 2.05) is 30.3 Å². The Hall–Kier alpha value is -1.82. The second-order valence-electron chi connectivity index (χ2n) is 5.09. The van der Waals surface area contributed by atoms with Gasteiger partial charge in [-0.15, -0.1) is 0 Å². The lowest BCUT2D eigenvalue weighted by Crippen LogP contribution is -2.62. The molecule has 1 N–H and O–H groups in total. The van der Waals surface area contributed by atoms with Crippen molar-refractivity contribution in [2.24, 2.45) is 5.92 Å². The quantitative estimate of drug-likeness (QED) is 0.846. The zero-order chi connectivity index (χ0) is 15.0. The predicted octanol–water partition coefficient (Wildman–Crippen LogP) is 2.23. The number of nitrogens with one attached hydrogen (secondary N) is 1. The second kappa shape index (κ2) is 5.18. The van der Waals surface area contributed by atoms with Crippen molar-refractivity contribution in [3.05, 3.63) is 40.9 Å². The van der Waals surface area contributed by atoms with Crippen LogP contribution in [0.15, 0.2) is 40.9 Å². The van der Waals surface area contributed by atoms with Gasteiger partial charge in [-0.3, -0.25) is 4.79 Å². The van der Waals surface area contributed by atoms with E-state index in [2.05, 4.69) is 21.2 Å². The number of benzene rings is 1. The number of hydrogen-bond acceptors (Lipinski definition) is 5. The highest BCUT2D eigenvalue weighted by molar-refractivity contribution is 9.11. The maximum absolute atomic E-state index is 12.4. The zero-order valence-corrected chi connectivity index (χ0v) is 12.9. The molecule has 6 heteroatoms. The average Bonchev–Trinajstić information content (AvgIpc) is 2.49. The summed E-state index contributed by atoms with van der Waals surface area (Å²) in [4.78, 5) is 24.5. The van der Waals surface area contributed by atoms with E-state index >= 15 is 0 Å². The van der Waals surface area contributed by atoms with E-state index in [1.54, 1.807) is 6.08 Å². The molecule has 5 nitrogen and oxygen atoms in total. The number of halogens is 1.